The molecule has 5 rings (SSSR count). The van der Waals surface area contributed by atoms with E-state index in [0.29, 0.717) is 37.2 Å². The number of benzene rings is 2. The highest BCUT2D eigenvalue weighted by Gasteiger charge is 2.32. The van der Waals surface area contributed by atoms with Crippen LogP contribution in [-0.4, -0.2) is 40.6 Å². The Hall–Kier alpha value is -4.15. The lowest BCUT2D eigenvalue weighted by atomic mass is 9.81. The number of para-hydroxylation sites is 1. The minimum Gasteiger partial charge on any atom is -0.457 e. The van der Waals surface area contributed by atoms with Crippen molar-refractivity contribution < 1.29 is 19.4 Å². The molecule has 2 amide bonds. The lowest BCUT2D eigenvalue weighted by Crippen LogP contribution is -2.46. The van der Waals surface area contributed by atoms with Gasteiger partial charge in [-0.2, -0.15) is 0 Å². The Morgan fingerprint density at radius 2 is 1.94 bits per heavy atom. The Balaban J connectivity index is 1.29. The molecule has 0 saturated heterocycles. The molecule has 2 aliphatic rings. The first-order valence-electron chi connectivity index (χ1n) is 12.1. The zero-order valence-corrected chi connectivity index (χ0v) is 20.0. The molecule has 1 atom stereocenters. The largest absolute Gasteiger partial charge is 0.457 e. The number of ether oxygens (including phenoxy) is 1. The molecule has 1 aromatic heterocycles. The summed E-state index contributed by atoms with van der Waals surface area (Å²) in [6.45, 7) is 0. The normalized spacial score (nSPS) is 18.1. The van der Waals surface area contributed by atoms with Gasteiger partial charge < -0.3 is 20.1 Å². The maximum absolute atomic E-state index is 13.3. The number of carbonyl (C=O) groups is 2. The van der Waals surface area contributed by atoms with Crippen molar-refractivity contribution in [2.75, 3.05) is 11.9 Å². The summed E-state index contributed by atoms with van der Waals surface area (Å²) >= 11 is 0. The van der Waals surface area contributed by atoms with E-state index in [0.717, 1.165) is 23.2 Å². The quantitative estimate of drug-likeness (QED) is 0.553. The molecular formula is C29H27N3O4. The van der Waals surface area contributed by atoms with Crippen molar-refractivity contribution in [2.45, 2.75) is 43.7 Å². The first kappa shape index (κ1) is 23.6. The number of fused-ring (bicyclic) bond motifs is 1. The second kappa shape index (κ2) is 9.84. The van der Waals surface area contributed by atoms with Crippen LogP contribution in [0.25, 0.3) is 0 Å². The minimum absolute atomic E-state index is 0.173. The highest BCUT2D eigenvalue weighted by atomic mass is 16.5. The number of nitrogens with one attached hydrogen (secondary N) is 1. The summed E-state index contributed by atoms with van der Waals surface area (Å²) in [5.41, 5.74) is 1.80. The van der Waals surface area contributed by atoms with Crippen molar-refractivity contribution in [3.05, 3.63) is 83.7 Å². The molecule has 7 heteroatoms. The predicted octanol–water partition coefficient (Wildman–Crippen LogP) is 3.85. The standard InChI is InChI=1S/C29H27N3O4/c1-32-26-18-20(12-16-29(35)14-5-15-29)8-9-21(26)10-11-24(28(32)34)31-27(33)25-19-23(13-17-30-25)36-22-6-3-2-4-7-22/h2-4,6-9,13,17-19,24,35H,5,10-11,14-15H2,1H3,(H,31,33)/t24-/m0/s1. The highest BCUT2D eigenvalue weighted by molar-refractivity contribution is 6.02. The van der Waals surface area contributed by atoms with Crippen LogP contribution < -0.4 is 15.0 Å². The molecule has 0 spiro atoms. The molecule has 3 aromatic rings. The van der Waals surface area contributed by atoms with Gasteiger partial charge in [-0.05, 0) is 68.0 Å². The molecule has 182 valence electrons. The molecule has 7 nitrogen and oxygen atoms in total. The van der Waals surface area contributed by atoms with E-state index in [1.807, 2.05) is 48.5 Å². The number of aliphatic hydroxyl groups is 1. The molecule has 1 fully saturated rings. The number of hydrogen-bond donors (Lipinski definition) is 2. The molecule has 0 bridgehead atoms. The number of likely N-dealkylation sites (N-methyl/N-ethyl adjacent to an activating group) is 1. The van der Waals surface area contributed by atoms with Crippen LogP contribution in [0.4, 0.5) is 5.69 Å². The zero-order valence-electron chi connectivity index (χ0n) is 20.0. The lowest BCUT2D eigenvalue weighted by molar-refractivity contribution is -0.120. The number of carbonyl (C=O) groups excluding carboxylic acids is 2. The van der Waals surface area contributed by atoms with Crippen molar-refractivity contribution in [3.63, 3.8) is 0 Å². The first-order valence-corrected chi connectivity index (χ1v) is 12.1. The Kier molecular flexibility index (Phi) is 6.45. The van der Waals surface area contributed by atoms with Crippen molar-refractivity contribution in [2.24, 2.45) is 0 Å². The van der Waals surface area contributed by atoms with Gasteiger partial charge >= 0.3 is 0 Å². The van der Waals surface area contributed by atoms with E-state index >= 15 is 0 Å². The van der Waals surface area contributed by atoms with Crippen LogP contribution in [0.2, 0.25) is 0 Å². The van der Waals surface area contributed by atoms with E-state index in [-0.39, 0.29) is 11.6 Å². The average molecular weight is 482 g/mol. The molecule has 0 radical (unpaired) electrons. The van der Waals surface area contributed by atoms with Gasteiger partial charge in [-0.15, -0.1) is 0 Å². The highest BCUT2D eigenvalue weighted by Crippen LogP contribution is 2.31. The summed E-state index contributed by atoms with van der Waals surface area (Å²) in [6, 6.07) is 17.6. The molecule has 2 N–H and O–H groups in total. The third-order valence-corrected chi connectivity index (χ3v) is 6.65. The van der Waals surface area contributed by atoms with E-state index in [4.69, 9.17) is 4.74 Å². The Morgan fingerprint density at radius 1 is 1.14 bits per heavy atom. The van der Waals surface area contributed by atoms with Gasteiger partial charge in [0.05, 0.1) is 0 Å². The van der Waals surface area contributed by atoms with Gasteiger partial charge in [-0.1, -0.05) is 36.1 Å². The lowest BCUT2D eigenvalue weighted by Gasteiger charge is -2.30. The fourth-order valence-corrected chi connectivity index (χ4v) is 4.36. The van der Waals surface area contributed by atoms with Crippen LogP contribution >= 0.6 is 0 Å². The number of aromatic nitrogens is 1. The smallest absolute Gasteiger partial charge is 0.270 e. The van der Waals surface area contributed by atoms with Crippen LogP contribution in [0.15, 0.2) is 66.9 Å². The van der Waals surface area contributed by atoms with Gasteiger partial charge in [0, 0.05) is 30.6 Å². The molecule has 0 unspecified atom stereocenters. The van der Waals surface area contributed by atoms with Gasteiger partial charge in [0.2, 0.25) is 5.91 Å². The fraction of sp³-hybridized carbons (Fsp3) is 0.276. The van der Waals surface area contributed by atoms with Gasteiger partial charge in [0.1, 0.15) is 28.8 Å². The van der Waals surface area contributed by atoms with Crippen molar-refractivity contribution in [1.82, 2.24) is 10.3 Å². The van der Waals surface area contributed by atoms with Crippen molar-refractivity contribution in [3.8, 4) is 23.3 Å². The van der Waals surface area contributed by atoms with Gasteiger partial charge in [0.15, 0.2) is 0 Å². The third-order valence-electron chi connectivity index (χ3n) is 6.65. The second-order valence-corrected chi connectivity index (χ2v) is 9.23. The van der Waals surface area contributed by atoms with Gasteiger partial charge in [0.25, 0.3) is 5.91 Å². The summed E-state index contributed by atoms with van der Waals surface area (Å²) in [4.78, 5) is 32.0. The van der Waals surface area contributed by atoms with Crippen LogP contribution in [0.1, 0.15) is 47.3 Å². The number of aryl methyl sites for hydroxylation is 1. The molecule has 2 heterocycles. The first-order chi connectivity index (χ1) is 17.4. The summed E-state index contributed by atoms with van der Waals surface area (Å²) in [7, 11) is 1.70. The summed E-state index contributed by atoms with van der Waals surface area (Å²) in [5, 5.41) is 13.1. The van der Waals surface area contributed by atoms with E-state index in [9.17, 15) is 14.7 Å². The van der Waals surface area contributed by atoms with E-state index < -0.39 is 17.6 Å². The topological polar surface area (TPSA) is 91.8 Å². The third kappa shape index (κ3) is 5.09. The number of pyridine rings is 1. The Morgan fingerprint density at radius 3 is 2.69 bits per heavy atom. The maximum atomic E-state index is 13.3. The minimum atomic E-state index is -0.888. The Bertz CT molecular complexity index is 1360. The summed E-state index contributed by atoms with van der Waals surface area (Å²) in [6.07, 6.45) is 4.97. The molecular weight excluding hydrogens is 454 g/mol. The van der Waals surface area contributed by atoms with Crippen molar-refractivity contribution in [1.29, 1.82) is 0 Å². The van der Waals surface area contributed by atoms with Crippen LogP contribution in [0, 0.1) is 11.8 Å². The summed E-state index contributed by atoms with van der Waals surface area (Å²) < 4.78 is 5.80. The van der Waals surface area contributed by atoms with E-state index in [1.54, 1.807) is 24.1 Å². The SMILES string of the molecule is CN1C(=O)[C@@H](NC(=O)c2cc(Oc3ccccc3)ccn2)CCc2ccc(C#CC3(O)CCC3)cc21. The maximum Gasteiger partial charge on any atom is 0.270 e. The number of nitrogens with zero attached hydrogens (tertiary/aromatic N) is 2. The monoisotopic (exact) mass is 481 g/mol. The van der Waals surface area contributed by atoms with E-state index in [1.165, 1.54) is 6.20 Å². The van der Waals surface area contributed by atoms with Crippen molar-refractivity contribution >= 4 is 17.5 Å². The van der Waals surface area contributed by atoms with Crippen LogP contribution in [-0.2, 0) is 11.2 Å². The average Bonchev–Trinajstić information content (AvgIpc) is 2.99. The zero-order chi connectivity index (χ0) is 25.1. The van der Waals surface area contributed by atoms with Gasteiger partial charge in [-0.25, -0.2) is 0 Å². The molecule has 1 aliphatic heterocycles. The number of amides is 2. The van der Waals surface area contributed by atoms with E-state index in [2.05, 4.69) is 22.1 Å². The second-order valence-electron chi connectivity index (χ2n) is 9.23. The predicted molar refractivity (Wildman–Crippen MR) is 136 cm³/mol. The fourth-order valence-electron chi connectivity index (χ4n) is 4.36. The van der Waals surface area contributed by atoms with Gasteiger partial charge in [-0.3, -0.25) is 14.6 Å². The summed E-state index contributed by atoms with van der Waals surface area (Å²) in [5.74, 6) is 6.50. The Labute approximate surface area is 210 Å². The number of hydrogen-bond acceptors (Lipinski definition) is 5. The number of anilines is 1. The molecule has 36 heavy (non-hydrogen) atoms. The molecule has 1 aliphatic carbocycles. The van der Waals surface area contributed by atoms with Crippen LogP contribution in [0.5, 0.6) is 11.5 Å². The molecule has 1 saturated carbocycles. The van der Waals surface area contributed by atoms with Crippen LogP contribution in [0.3, 0.4) is 0 Å². The number of rotatable bonds is 4. The molecule has 2 aromatic carbocycles.